The van der Waals surface area contributed by atoms with Gasteiger partial charge in [0.2, 0.25) is 5.91 Å². The van der Waals surface area contributed by atoms with E-state index in [2.05, 4.69) is 47.4 Å². The molecule has 2 aromatic rings. The number of fused-ring (bicyclic) bond motifs is 1. The maximum Gasteiger partial charge on any atom is 0.226 e. The normalized spacial score (nSPS) is 19.3. The number of carbonyl (C=O) groups excluding carboxylic acids is 1. The molecule has 160 valence electrons. The molecule has 2 aromatic carbocycles. The van der Waals surface area contributed by atoms with Crippen molar-refractivity contribution in [3.05, 3.63) is 59.2 Å². The Morgan fingerprint density at radius 1 is 1.00 bits per heavy atom. The summed E-state index contributed by atoms with van der Waals surface area (Å²) in [5.74, 6) is 2.06. The van der Waals surface area contributed by atoms with Crippen LogP contribution < -0.4 is 9.47 Å². The van der Waals surface area contributed by atoms with Crippen molar-refractivity contribution in [3.8, 4) is 11.5 Å². The van der Waals surface area contributed by atoms with Gasteiger partial charge in [0.25, 0.3) is 0 Å². The predicted octanol–water partition coefficient (Wildman–Crippen LogP) is 5.34. The van der Waals surface area contributed by atoms with E-state index in [1.165, 1.54) is 36.0 Å². The lowest BCUT2D eigenvalue weighted by atomic mass is 9.84. The lowest BCUT2D eigenvalue weighted by Crippen LogP contribution is -2.43. The number of benzene rings is 2. The lowest BCUT2D eigenvalue weighted by Gasteiger charge is -2.40. The summed E-state index contributed by atoms with van der Waals surface area (Å²) in [6.45, 7) is 0.789. The van der Waals surface area contributed by atoms with Gasteiger partial charge in [0.1, 0.15) is 0 Å². The second-order valence-corrected chi connectivity index (χ2v) is 8.56. The summed E-state index contributed by atoms with van der Waals surface area (Å²) in [4.78, 5) is 15.7. The molecule has 30 heavy (non-hydrogen) atoms. The first-order valence-corrected chi connectivity index (χ1v) is 11.3. The fourth-order valence-corrected chi connectivity index (χ4v) is 5.14. The number of ether oxygens (including phenoxy) is 2. The van der Waals surface area contributed by atoms with Crippen LogP contribution in [0.15, 0.2) is 42.5 Å². The number of hydrogen-bond acceptors (Lipinski definition) is 3. The van der Waals surface area contributed by atoms with Crippen LogP contribution >= 0.6 is 0 Å². The fraction of sp³-hybridized carbons (Fsp3) is 0.500. The second kappa shape index (κ2) is 9.55. The van der Waals surface area contributed by atoms with E-state index in [1.807, 2.05) is 0 Å². The van der Waals surface area contributed by atoms with Crippen molar-refractivity contribution in [2.45, 2.75) is 57.4 Å². The molecular weight excluding hydrogens is 374 g/mol. The summed E-state index contributed by atoms with van der Waals surface area (Å²) < 4.78 is 11.1. The van der Waals surface area contributed by atoms with E-state index in [-0.39, 0.29) is 12.0 Å². The number of aryl methyl sites for hydroxylation is 1. The zero-order valence-electron chi connectivity index (χ0n) is 18.2. The average Bonchev–Trinajstić information content (AvgIpc) is 2.82. The summed E-state index contributed by atoms with van der Waals surface area (Å²) >= 11 is 0. The van der Waals surface area contributed by atoms with Crippen LogP contribution in [0.3, 0.4) is 0 Å². The van der Waals surface area contributed by atoms with Gasteiger partial charge >= 0.3 is 0 Å². The van der Waals surface area contributed by atoms with Crippen LogP contribution in [0.4, 0.5) is 0 Å². The summed E-state index contributed by atoms with van der Waals surface area (Å²) in [6, 6.07) is 14.9. The standard InChI is InChI=1S/C26H33NO3/c1-29-24-17-21-15-16-27(26(28)20-11-7-4-8-12-20)23(22(21)18-25(24)30-2)14-13-19-9-5-3-6-10-19/h3,5-6,9-10,17-18,20,23H,4,7-8,11-16H2,1-2H3. The molecule has 0 radical (unpaired) electrons. The van der Waals surface area contributed by atoms with Gasteiger partial charge in [-0.25, -0.2) is 0 Å². The number of hydrogen-bond donors (Lipinski definition) is 0. The Labute approximate surface area is 180 Å². The highest BCUT2D eigenvalue weighted by Crippen LogP contribution is 2.41. The van der Waals surface area contributed by atoms with E-state index >= 15 is 0 Å². The Hall–Kier alpha value is -2.49. The van der Waals surface area contributed by atoms with Crippen molar-refractivity contribution < 1.29 is 14.3 Å². The third-order valence-electron chi connectivity index (χ3n) is 6.79. The molecule has 0 aromatic heterocycles. The Kier molecular flexibility index (Phi) is 6.61. The molecule has 1 heterocycles. The Morgan fingerprint density at radius 2 is 1.70 bits per heavy atom. The minimum atomic E-state index is 0.0863. The monoisotopic (exact) mass is 407 g/mol. The van der Waals surface area contributed by atoms with Crippen LogP contribution in [0.2, 0.25) is 0 Å². The summed E-state index contributed by atoms with van der Waals surface area (Å²) in [5, 5.41) is 0. The van der Waals surface area contributed by atoms with Crippen molar-refractivity contribution >= 4 is 5.91 Å². The van der Waals surface area contributed by atoms with E-state index in [1.54, 1.807) is 14.2 Å². The van der Waals surface area contributed by atoms with Crippen LogP contribution in [0.25, 0.3) is 0 Å². The average molecular weight is 408 g/mol. The molecule has 1 saturated carbocycles. The molecule has 1 fully saturated rings. The number of amides is 1. The fourth-order valence-electron chi connectivity index (χ4n) is 5.14. The molecule has 2 aliphatic rings. The van der Waals surface area contributed by atoms with Crippen LogP contribution in [0.1, 0.15) is 61.3 Å². The smallest absolute Gasteiger partial charge is 0.226 e. The summed E-state index contributed by atoms with van der Waals surface area (Å²) in [5.41, 5.74) is 3.81. The minimum Gasteiger partial charge on any atom is -0.493 e. The number of nitrogens with zero attached hydrogens (tertiary/aromatic N) is 1. The molecule has 1 atom stereocenters. The van der Waals surface area contributed by atoms with Crippen molar-refractivity contribution in [3.63, 3.8) is 0 Å². The first kappa shape index (κ1) is 20.8. The van der Waals surface area contributed by atoms with Gasteiger partial charge in [-0.1, -0.05) is 49.6 Å². The highest BCUT2D eigenvalue weighted by molar-refractivity contribution is 5.80. The first-order valence-electron chi connectivity index (χ1n) is 11.3. The first-order chi connectivity index (χ1) is 14.7. The highest BCUT2D eigenvalue weighted by atomic mass is 16.5. The van der Waals surface area contributed by atoms with Crippen LogP contribution in [-0.2, 0) is 17.6 Å². The van der Waals surface area contributed by atoms with Crippen LogP contribution in [0, 0.1) is 5.92 Å². The van der Waals surface area contributed by atoms with Crippen molar-refractivity contribution in [2.24, 2.45) is 5.92 Å². The number of methoxy groups -OCH3 is 2. The van der Waals surface area contributed by atoms with Crippen molar-refractivity contribution in [1.29, 1.82) is 0 Å². The third-order valence-corrected chi connectivity index (χ3v) is 6.79. The molecule has 1 amide bonds. The molecule has 4 nitrogen and oxygen atoms in total. The van der Waals surface area contributed by atoms with E-state index in [4.69, 9.17) is 9.47 Å². The van der Waals surface area contributed by atoms with Gasteiger partial charge in [-0.05, 0) is 60.9 Å². The largest absolute Gasteiger partial charge is 0.493 e. The Bertz CT molecular complexity index is 858. The van der Waals surface area contributed by atoms with Crippen molar-refractivity contribution in [1.82, 2.24) is 4.90 Å². The van der Waals surface area contributed by atoms with E-state index in [0.29, 0.717) is 5.91 Å². The molecule has 0 spiro atoms. The second-order valence-electron chi connectivity index (χ2n) is 8.56. The Balaban J connectivity index is 1.65. The van der Waals surface area contributed by atoms with Gasteiger partial charge < -0.3 is 14.4 Å². The maximum absolute atomic E-state index is 13.5. The molecule has 1 unspecified atom stereocenters. The molecule has 1 aliphatic heterocycles. The van der Waals surface area contributed by atoms with Gasteiger partial charge in [0.05, 0.1) is 20.3 Å². The molecule has 4 heteroatoms. The zero-order valence-corrected chi connectivity index (χ0v) is 18.2. The summed E-state index contributed by atoms with van der Waals surface area (Å²) in [6.07, 6.45) is 8.45. The molecule has 1 aliphatic carbocycles. The zero-order chi connectivity index (χ0) is 20.9. The molecular formula is C26H33NO3. The quantitative estimate of drug-likeness (QED) is 0.648. The predicted molar refractivity (Wildman–Crippen MR) is 119 cm³/mol. The van der Waals surface area contributed by atoms with Gasteiger partial charge in [-0.3, -0.25) is 4.79 Å². The van der Waals surface area contributed by atoms with Crippen LogP contribution in [-0.4, -0.2) is 31.6 Å². The van der Waals surface area contributed by atoms with Crippen LogP contribution in [0.5, 0.6) is 11.5 Å². The maximum atomic E-state index is 13.5. The van der Waals surface area contributed by atoms with E-state index in [9.17, 15) is 4.79 Å². The molecule has 0 N–H and O–H groups in total. The van der Waals surface area contributed by atoms with E-state index in [0.717, 1.165) is 50.1 Å². The van der Waals surface area contributed by atoms with Gasteiger partial charge in [-0.15, -0.1) is 0 Å². The van der Waals surface area contributed by atoms with Gasteiger partial charge in [0.15, 0.2) is 11.5 Å². The highest BCUT2D eigenvalue weighted by Gasteiger charge is 2.35. The van der Waals surface area contributed by atoms with E-state index < -0.39 is 0 Å². The third kappa shape index (κ3) is 4.33. The summed E-state index contributed by atoms with van der Waals surface area (Å²) in [7, 11) is 3.36. The molecule has 4 rings (SSSR count). The SMILES string of the molecule is COc1cc2c(cc1OC)C(CCc1ccccc1)N(C(=O)C1CCCCC1)CC2. The lowest BCUT2D eigenvalue weighted by molar-refractivity contribution is -0.139. The molecule has 0 saturated heterocycles. The number of rotatable bonds is 6. The van der Waals surface area contributed by atoms with Gasteiger partial charge in [0, 0.05) is 12.5 Å². The Morgan fingerprint density at radius 3 is 2.40 bits per heavy atom. The minimum absolute atomic E-state index is 0.0863. The number of carbonyl (C=O) groups is 1. The molecule has 0 bridgehead atoms. The van der Waals surface area contributed by atoms with Crippen molar-refractivity contribution in [2.75, 3.05) is 20.8 Å². The van der Waals surface area contributed by atoms with Gasteiger partial charge in [-0.2, -0.15) is 0 Å². The topological polar surface area (TPSA) is 38.8 Å².